The number of hydrogen-bond donors (Lipinski definition) is 1. The third-order valence-corrected chi connectivity index (χ3v) is 5.97. The topological polar surface area (TPSA) is 59.4 Å². The van der Waals surface area contributed by atoms with Gasteiger partial charge in [0.25, 0.3) is 0 Å². The second-order valence-corrected chi connectivity index (χ2v) is 7.95. The van der Waals surface area contributed by atoms with Crippen molar-refractivity contribution in [3.8, 4) is 0 Å². The van der Waals surface area contributed by atoms with Gasteiger partial charge in [-0.2, -0.15) is 13.2 Å². The SMILES string of the molecule is CC1=C(CCc2nc(C)c(CC(=O)O)s2)CC(c2ccc(C(F)(F)F)cc2)O1. The second kappa shape index (κ2) is 7.95. The van der Waals surface area contributed by atoms with Crippen LogP contribution in [0.4, 0.5) is 13.2 Å². The third-order valence-electron chi connectivity index (χ3n) is 4.75. The summed E-state index contributed by atoms with van der Waals surface area (Å²) in [6.07, 6.45) is -2.62. The van der Waals surface area contributed by atoms with E-state index in [1.165, 1.54) is 23.5 Å². The fraction of sp³-hybridized carbons (Fsp3) is 0.400. The van der Waals surface area contributed by atoms with E-state index in [1.54, 1.807) is 0 Å². The highest BCUT2D eigenvalue weighted by Gasteiger charge is 2.31. The smallest absolute Gasteiger partial charge is 0.416 e. The molecule has 3 rings (SSSR count). The lowest BCUT2D eigenvalue weighted by Gasteiger charge is -2.13. The number of benzene rings is 1. The van der Waals surface area contributed by atoms with Crippen LogP contribution >= 0.6 is 11.3 Å². The van der Waals surface area contributed by atoms with E-state index in [1.807, 2.05) is 13.8 Å². The number of ether oxygens (including phenoxy) is 1. The summed E-state index contributed by atoms with van der Waals surface area (Å²) in [6, 6.07) is 5.08. The van der Waals surface area contributed by atoms with Gasteiger partial charge in [0.2, 0.25) is 0 Å². The van der Waals surface area contributed by atoms with E-state index < -0.39 is 17.7 Å². The molecule has 1 aliphatic rings. The highest BCUT2D eigenvalue weighted by molar-refractivity contribution is 7.11. The largest absolute Gasteiger partial charge is 0.490 e. The molecule has 150 valence electrons. The van der Waals surface area contributed by atoms with Crippen molar-refractivity contribution in [2.75, 3.05) is 0 Å². The Labute approximate surface area is 164 Å². The maximum Gasteiger partial charge on any atom is 0.416 e. The zero-order valence-corrected chi connectivity index (χ0v) is 16.3. The highest BCUT2D eigenvalue weighted by Crippen LogP contribution is 2.39. The molecule has 0 saturated heterocycles. The Hall–Kier alpha value is -2.35. The Kier molecular flexibility index (Phi) is 5.79. The van der Waals surface area contributed by atoms with Gasteiger partial charge in [-0.3, -0.25) is 4.79 Å². The Morgan fingerprint density at radius 1 is 1.25 bits per heavy atom. The summed E-state index contributed by atoms with van der Waals surface area (Å²) < 4.78 is 44.0. The van der Waals surface area contributed by atoms with Gasteiger partial charge in [0.1, 0.15) is 6.10 Å². The van der Waals surface area contributed by atoms with Gasteiger partial charge in [-0.15, -0.1) is 11.3 Å². The predicted molar refractivity (Wildman–Crippen MR) is 99.1 cm³/mol. The number of halogens is 3. The molecule has 0 amide bonds. The van der Waals surface area contributed by atoms with Crippen LogP contribution in [0.25, 0.3) is 0 Å². The van der Waals surface area contributed by atoms with E-state index >= 15 is 0 Å². The first-order valence-electron chi connectivity index (χ1n) is 8.83. The summed E-state index contributed by atoms with van der Waals surface area (Å²) in [5.74, 6) is -0.0793. The van der Waals surface area contributed by atoms with E-state index in [2.05, 4.69) is 4.98 Å². The number of rotatable bonds is 6. The molecule has 1 aromatic carbocycles. The van der Waals surface area contributed by atoms with Gasteiger partial charge in [0, 0.05) is 17.7 Å². The van der Waals surface area contributed by atoms with Gasteiger partial charge < -0.3 is 9.84 Å². The first-order valence-corrected chi connectivity index (χ1v) is 9.64. The molecule has 2 heterocycles. The van der Waals surface area contributed by atoms with Crippen molar-refractivity contribution in [2.45, 2.75) is 51.8 Å². The number of carboxylic acid groups (broad SMARTS) is 1. The van der Waals surface area contributed by atoms with E-state index in [4.69, 9.17) is 9.84 Å². The molecule has 0 saturated carbocycles. The monoisotopic (exact) mass is 411 g/mol. The van der Waals surface area contributed by atoms with Gasteiger partial charge in [-0.1, -0.05) is 12.1 Å². The molecule has 1 atom stereocenters. The summed E-state index contributed by atoms with van der Waals surface area (Å²) in [5, 5.41) is 9.81. The lowest BCUT2D eigenvalue weighted by Crippen LogP contribution is -2.05. The standard InChI is InChI=1S/C20H20F3NO3S/c1-11-17(10-19(25)26)28-18(24-11)8-5-14-9-16(27-12(14)2)13-3-6-15(7-4-13)20(21,22)23/h3-4,6-7,16H,5,8-10H2,1-2H3,(H,25,26). The van der Waals surface area contributed by atoms with Crippen LogP contribution in [0.2, 0.25) is 0 Å². The molecule has 1 unspecified atom stereocenters. The molecule has 0 aliphatic carbocycles. The lowest BCUT2D eigenvalue weighted by molar-refractivity contribution is -0.138. The van der Waals surface area contributed by atoms with Crippen LogP contribution in [0.15, 0.2) is 35.6 Å². The quantitative estimate of drug-likeness (QED) is 0.685. The number of aromatic nitrogens is 1. The van der Waals surface area contributed by atoms with Crippen LogP contribution in [0.5, 0.6) is 0 Å². The van der Waals surface area contributed by atoms with E-state index in [0.717, 1.165) is 51.0 Å². The molecular formula is C20H20F3NO3S. The normalized spacial score (nSPS) is 17.1. The van der Waals surface area contributed by atoms with Crippen LogP contribution in [0.1, 0.15) is 52.6 Å². The Balaban J connectivity index is 1.61. The first kappa shape index (κ1) is 20.4. The summed E-state index contributed by atoms with van der Waals surface area (Å²) in [7, 11) is 0. The second-order valence-electron chi connectivity index (χ2n) is 6.78. The minimum atomic E-state index is -4.35. The van der Waals surface area contributed by atoms with Gasteiger partial charge in [-0.05, 0) is 43.5 Å². The summed E-state index contributed by atoms with van der Waals surface area (Å²) in [6.45, 7) is 3.67. The van der Waals surface area contributed by atoms with Gasteiger partial charge in [0.15, 0.2) is 0 Å². The molecule has 0 spiro atoms. The zero-order chi connectivity index (χ0) is 20.5. The van der Waals surface area contributed by atoms with Crippen LogP contribution in [0.3, 0.4) is 0 Å². The molecule has 28 heavy (non-hydrogen) atoms. The number of nitrogens with zero attached hydrogens (tertiary/aromatic N) is 1. The first-order chi connectivity index (χ1) is 13.1. The molecule has 8 heteroatoms. The van der Waals surface area contributed by atoms with Crippen molar-refractivity contribution in [1.82, 2.24) is 4.98 Å². The average molecular weight is 411 g/mol. The third kappa shape index (κ3) is 4.73. The van der Waals surface area contributed by atoms with Gasteiger partial charge in [0.05, 0.1) is 28.4 Å². The van der Waals surface area contributed by atoms with Crippen molar-refractivity contribution >= 4 is 17.3 Å². The predicted octanol–water partition coefficient (Wildman–Crippen LogP) is 5.47. The van der Waals surface area contributed by atoms with E-state index in [9.17, 15) is 18.0 Å². The Morgan fingerprint density at radius 3 is 2.54 bits per heavy atom. The molecular weight excluding hydrogens is 391 g/mol. The van der Waals surface area contributed by atoms with Gasteiger partial charge >= 0.3 is 12.1 Å². The molecule has 0 bridgehead atoms. The Bertz CT molecular complexity index is 900. The number of thiazole rings is 1. The minimum absolute atomic E-state index is 0.0235. The van der Waals surface area contributed by atoms with Gasteiger partial charge in [-0.25, -0.2) is 4.98 Å². The number of allylic oxidation sites excluding steroid dienone is 1. The lowest BCUT2D eigenvalue weighted by atomic mass is 9.99. The highest BCUT2D eigenvalue weighted by atomic mass is 32.1. The average Bonchev–Trinajstić information content (AvgIpc) is 3.14. The zero-order valence-electron chi connectivity index (χ0n) is 15.5. The molecule has 1 aromatic heterocycles. The summed E-state index contributed by atoms with van der Waals surface area (Å²) in [4.78, 5) is 16.1. The van der Waals surface area contributed by atoms with Crippen molar-refractivity contribution < 1.29 is 27.8 Å². The molecule has 4 nitrogen and oxygen atoms in total. The van der Waals surface area contributed by atoms with Crippen molar-refractivity contribution in [3.05, 3.63) is 62.3 Å². The molecule has 2 aromatic rings. The number of alkyl halides is 3. The summed E-state index contributed by atoms with van der Waals surface area (Å²) in [5.41, 5.74) is 1.91. The number of hydrogen-bond acceptors (Lipinski definition) is 4. The maximum absolute atomic E-state index is 12.7. The number of aryl methyl sites for hydroxylation is 2. The number of carbonyl (C=O) groups is 1. The number of aliphatic carboxylic acids is 1. The number of carboxylic acids is 1. The molecule has 0 fully saturated rings. The van der Waals surface area contributed by atoms with E-state index in [0.29, 0.717) is 12.8 Å². The minimum Gasteiger partial charge on any atom is -0.490 e. The summed E-state index contributed by atoms with van der Waals surface area (Å²) >= 11 is 1.41. The van der Waals surface area contributed by atoms with Crippen molar-refractivity contribution in [3.63, 3.8) is 0 Å². The molecule has 0 radical (unpaired) electrons. The van der Waals surface area contributed by atoms with E-state index in [-0.39, 0.29) is 12.5 Å². The fourth-order valence-electron chi connectivity index (χ4n) is 3.21. The molecule has 1 aliphatic heterocycles. The Morgan fingerprint density at radius 2 is 1.93 bits per heavy atom. The molecule has 1 N–H and O–H groups in total. The van der Waals surface area contributed by atoms with Crippen molar-refractivity contribution in [2.24, 2.45) is 0 Å². The van der Waals surface area contributed by atoms with Crippen LogP contribution in [-0.4, -0.2) is 16.1 Å². The van der Waals surface area contributed by atoms with Crippen molar-refractivity contribution in [1.29, 1.82) is 0 Å². The van der Waals surface area contributed by atoms with Crippen LogP contribution in [-0.2, 0) is 28.5 Å². The van der Waals surface area contributed by atoms with Crippen LogP contribution in [0, 0.1) is 6.92 Å². The maximum atomic E-state index is 12.7. The van der Waals surface area contributed by atoms with Crippen LogP contribution < -0.4 is 0 Å². The fourth-order valence-corrected chi connectivity index (χ4v) is 4.27.